The van der Waals surface area contributed by atoms with Crippen molar-refractivity contribution < 1.29 is 14.0 Å². The zero-order chi connectivity index (χ0) is 17.9. The molecule has 0 unspecified atom stereocenters. The third kappa shape index (κ3) is 3.35. The van der Waals surface area contributed by atoms with Gasteiger partial charge in [-0.3, -0.25) is 4.68 Å². The maximum atomic E-state index is 6.02. The fourth-order valence-corrected chi connectivity index (χ4v) is 3.06. The molecule has 0 N–H and O–H groups in total. The Morgan fingerprint density at radius 1 is 1.23 bits per heavy atom. The number of benzene rings is 1. The summed E-state index contributed by atoms with van der Waals surface area (Å²) < 4.78 is 18.8. The van der Waals surface area contributed by atoms with Gasteiger partial charge in [-0.15, -0.1) is 0 Å². The van der Waals surface area contributed by atoms with Crippen LogP contribution in [0.15, 0.2) is 34.9 Å². The highest BCUT2D eigenvalue weighted by molar-refractivity contribution is 5.47. The lowest BCUT2D eigenvalue weighted by Crippen LogP contribution is -2.21. The Hall–Kier alpha value is -2.67. The molecule has 3 aromatic rings. The van der Waals surface area contributed by atoms with Crippen LogP contribution in [0.25, 0.3) is 11.6 Å². The molecule has 1 aliphatic rings. The van der Waals surface area contributed by atoms with Gasteiger partial charge < -0.3 is 14.0 Å². The molecule has 1 atom stereocenters. The van der Waals surface area contributed by atoms with E-state index in [0.717, 1.165) is 35.7 Å². The average Bonchev–Trinajstić information content (AvgIpc) is 3.29. The number of hydrogen-bond donors (Lipinski definition) is 0. The van der Waals surface area contributed by atoms with Crippen molar-refractivity contribution in [2.75, 3.05) is 6.61 Å². The van der Waals surface area contributed by atoms with Crippen LogP contribution in [0.1, 0.15) is 43.5 Å². The molecule has 0 spiro atoms. The van der Waals surface area contributed by atoms with E-state index in [4.69, 9.17) is 14.0 Å². The number of nitrogens with zero attached hydrogens (tertiary/aromatic N) is 4. The Morgan fingerprint density at radius 2 is 2.08 bits per heavy atom. The minimum absolute atomic E-state index is 0.0377. The monoisotopic (exact) mass is 354 g/mol. The first-order chi connectivity index (χ1) is 12.8. The molecule has 0 fully saturated rings. The zero-order valence-electron chi connectivity index (χ0n) is 15.0. The smallest absolute Gasteiger partial charge is 0.278 e. The van der Waals surface area contributed by atoms with Crippen LogP contribution in [0.4, 0.5) is 0 Å². The molecular formula is C19H22N4O3. The largest absolute Gasteiger partial charge is 0.494 e. The first kappa shape index (κ1) is 16.8. The Kier molecular flexibility index (Phi) is 4.71. The summed E-state index contributed by atoms with van der Waals surface area (Å²) in [5.74, 6) is 2.05. The molecule has 7 heteroatoms. The maximum Gasteiger partial charge on any atom is 0.278 e. The maximum absolute atomic E-state index is 6.02. The van der Waals surface area contributed by atoms with Crippen LogP contribution < -0.4 is 4.74 Å². The van der Waals surface area contributed by atoms with Crippen LogP contribution in [0.3, 0.4) is 0 Å². The summed E-state index contributed by atoms with van der Waals surface area (Å²) in [4.78, 5) is 4.41. The van der Waals surface area contributed by atoms with Crippen molar-refractivity contribution in [2.24, 2.45) is 0 Å². The van der Waals surface area contributed by atoms with E-state index in [1.54, 1.807) is 0 Å². The lowest BCUT2D eigenvalue weighted by atomic mass is 10.1. The van der Waals surface area contributed by atoms with Crippen molar-refractivity contribution in [2.45, 2.75) is 45.9 Å². The highest BCUT2D eigenvalue weighted by Gasteiger charge is 2.24. The third-order valence-corrected chi connectivity index (χ3v) is 4.36. The topological polar surface area (TPSA) is 75.2 Å². The van der Waals surface area contributed by atoms with Gasteiger partial charge in [-0.2, -0.15) is 10.1 Å². The summed E-state index contributed by atoms with van der Waals surface area (Å²) >= 11 is 0. The Labute approximate surface area is 151 Å². The summed E-state index contributed by atoms with van der Waals surface area (Å²) in [6.45, 7) is 5.88. The molecule has 3 heterocycles. The summed E-state index contributed by atoms with van der Waals surface area (Å²) in [6, 6.07) is 9.98. The van der Waals surface area contributed by atoms with E-state index < -0.39 is 0 Å². The van der Waals surface area contributed by atoms with E-state index in [0.29, 0.717) is 31.3 Å². The second-order valence-electron chi connectivity index (χ2n) is 6.27. The zero-order valence-corrected chi connectivity index (χ0v) is 15.0. The van der Waals surface area contributed by atoms with Crippen LogP contribution in [0.5, 0.6) is 5.75 Å². The predicted octanol–water partition coefficient (Wildman–Crippen LogP) is 3.56. The van der Waals surface area contributed by atoms with Crippen LogP contribution in [0, 0.1) is 0 Å². The molecule has 2 aromatic heterocycles. The highest BCUT2D eigenvalue weighted by Crippen LogP contribution is 2.29. The van der Waals surface area contributed by atoms with Crippen LogP contribution in [-0.2, 0) is 24.3 Å². The summed E-state index contributed by atoms with van der Waals surface area (Å²) in [5.41, 5.74) is 2.82. The second kappa shape index (κ2) is 7.29. The molecule has 26 heavy (non-hydrogen) atoms. The summed E-state index contributed by atoms with van der Waals surface area (Å²) in [5, 5.41) is 8.63. The summed E-state index contributed by atoms with van der Waals surface area (Å²) in [7, 11) is 0. The molecule has 0 aliphatic carbocycles. The van der Waals surface area contributed by atoms with Crippen LogP contribution in [-0.4, -0.2) is 26.5 Å². The molecule has 136 valence electrons. The van der Waals surface area contributed by atoms with Gasteiger partial charge in [0.2, 0.25) is 0 Å². The van der Waals surface area contributed by atoms with Crippen molar-refractivity contribution in [3.8, 4) is 17.3 Å². The molecular weight excluding hydrogens is 332 g/mol. The minimum Gasteiger partial charge on any atom is -0.494 e. The lowest BCUT2D eigenvalue weighted by Gasteiger charge is -2.24. The standard InChI is InChI=1S/C19H22N4O3/c1-3-5-18-20-19(26-22-18)16-10-14-12-25-17(11-23(14)21-16)13-6-8-15(9-7-13)24-4-2/h6-10,17H,3-5,11-12H2,1-2H3/t17-/m0/s1. The number of fused-ring (bicyclic) bond motifs is 1. The van der Waals surface area contributed by atoms with Gasteiger partial charge in [0.1, 0.15) is 11.9 Å². The predicted molar refractivity (Wildman–Crippen MR) is 94.7 cm³/mol. The second-order valence-corrected chi connectivity index (χ2v) is 6.27. The average molecular weight is 354 g/mol. The molecule has 0 saturated heterocycles. The van der Waals surface area contributed by atoms with Gasteiger partial charge in [-0.05, 0) is 37.1 Å². The van der Waals surface area contributed by atoms with E-state index in [9.17, 15) is 0 Å². The Bertz CT molecular complexity index is 869. The van der Waals surface area contributed by atoms with Crippen molar-refractivity contribution in [1.82, 2.24) is 19.9 Å². The molecule has 1 aromatic carbocycles. The number of aromatic nitrogens is 4. The molecule has 7 nitrogen and oxygen atoms in total. The fourth-order valence-electron chi connectivity index (χ4n) is 3.06. The van der Waals surface area contributed by atoms with Gasteiger partial charge in [-0.1, -0.05) is 24.2 Å². The van der Waals surface area contributed by atoms with E-state index in [1.165, 1.54) is 0 Å². The number of hydrogen-bond acceptors (Lipinski definition) is 6. The molecule has 0 saturated carbocycles. The van der Waals surface area contributed by atoms with Crippen molar-refractivity contribution in [1.29, 1.82) is 0 Å². The molecule has 0 amide bonds. The van der Waals surface area contributed by atoms with Crippen molar-refractivity contribution >= 4 is 0 Å². The van der Waals surface area contributed by atoms with Gasteiger partial charge in [0.05, 0.1) is 25.5 Å². The van der Waals surface area contributed by atoms with E-state index in [-0.39, 0.29) is 6.10 Å². The Balaban J connectivity index is 1.50. The normalized spacial score (nSPS) is 16.5. The van der Waals surface area contributed by atoms with Gasteiger partial charge in [0, 0.05) is 6.42 Å². The molecule has 1 aliphatic heterocycles. The number of rotatable bonds is 6. The first-order valence-electron chi connectivity index (χ1n) is 9.01. The Morgan fingerprint density at radius 3 is 2.85 bits per heavy atom. The van der Waals surface area contributed by atoms with Crippen molar-refractivity contribution in [3.05, 3.63) is 47.4 Å². The van der Waals surface area contributed by atoms with Gasteiger partial charge >= 0.3 is 0 Å². The molecule has 0 radical (unpaired) electrons. The number of aryl methyl sites for hydroxylation is 1. The highest BCUT2D eigenvalue weighted by atomic mass is 16.5. The van der Waals surface area contributed by atoms with Crippen LogP contribution in [0.2, 0.25) is 0 Å². The fraction of sp³-hybridized carbons (Fsp3) is 0.421. The van der Waals surface area contributed by atoms with Gasteiger partial charge in [0.15, 0.2) is 11.5 Å². The minimum atomic E-state index is -0.0377. The van der Waals surface area contributed by atoms with E-state index in [2.05, 4.69) is 22.2 Å². The quantitative estimate of drug-likeness (QED) is 0.674. The van der Waals surface area contributed by atoms with Gasteiger partial charge in [-0.25, -0.2) is 0 Å². The SMILES string of the molecule is CCCc1noc(-c2cc3n(n2)C[C@@H](c2ccc(OCC)cc2)OC3)n1. The number of ether oxygens (including phenoxy) is 2. The van der Waals surface area contributed by atoms with Crippen molar-refractivity contribution in [3.63, 3.8) is 0 Å². The van der Waals surface area contributed by atoms with E-state index in [1.807, 2.05) is 41.9 Å². The lowest BCUT2D eigenvalue weighted by molar-refractivity contribution is -0.00115. The third-order valence-electron chi connectivity index (χ3n) is 4.36. The first-order valence-corrected chi connectivity index (χ1v) is 9.01. The van der Waals surface area contributed by atoms with Gasteiger partial charge in [0.25, 0.3) is 5.89 Å². The molecule has 4 rings (SSSR count). The van der Waals surface area contributed by atoms with Crippen LogP contribution >= 0.6 is 0 Å². The molecule has 0 bridgehead atoms. The van der Waals surface area contributed by atoms with E-state index >= 15 is 0 Å². The summed E-state index contributed by atoms with van der Waals surface area (Å²) in [6.07, 6.45) is 1.75.